The summed E-state index contributed by atoms with van der Waals surface area (Å²) < 4.78 is 20.7. The third-order valence-electron chi connectivity index (χ3n) is 2.84. The molecular weight excluding hydrogens is 329 g/mol. The van der Waals surface area contributed by atoms with E-state index in [2.05, 4.69) is 21.0 Å². The minimum absolute atomic E-state index is 0.165. The van der Waals surface area contributed by atoms with Crippen molar-refractivity contribution in [3.05, 3.63) is 45.4 Å². The standard InChI is InChI=1S/C13H13BrFN3O2/c1-7-11(16)12(18(2)17-7)13(19)20-6-8-3-4-9(14)5-10(8)15/h3-5H,6,16H2,1-2H3. The van der Waals surface area contributed by atoms with Crippen LogP contribution in [-0.4, -0.2) is 15.7 Å². The number of aromatic nitrogens is 2. The quantitative estimate of drug-likeness (QED) is 0.871. The Balaban J connectivity index is 2.13. The maximum atomic E-state index is 13.6. The fraction of sp³-hybridized carbons (Fsp3) is 0.231. The Bertz CT molecular complexity index is 670. The number of aryl methyl sites for hydroxylation is 2. The van der Waals surface area contributed by atoms with Crippen molar-refractivity contribution < 1.29 is 13.9 Å². The summed E-state index contributed by atoms with van der Waals surface area (Å²) in [6.07, 6.45) is 0. The number of nitrogens with two attached hydrogens (primary N) is 1. The van der Waals surface area contributed by atoms with Crippen LogP contribution < -0.4 is 5.73 Å². The van der Waals surface area contributed by atoms with Crippen LogP contribution in [-0.2, 0) is 18.4 Å². The highest BCUT2D eigenvalue weighted by atomic mass is 79.9. The Kier molecular flexibility index (Phi) is 4.08. The van der Waals surface area contributed by atoms with Crippen molar-refractivity contribution >= 4 is 27.6 Å². The first-order valence-electron chi connectivity index (χ1n) is 5.80. The second kappa shape index (κ2) is 5.62. The zero-order chi connectivity index (χ0) is 14.9. The van der Waals surface area contributed by atoms with Gasteiger partial charge in [0.2, 0.25) is 0 Å². The molecule has 0 saturated heterocycles. The van der Waals surface area contributed by atoms with Crippen LogP contribution in [0.15, 0.2) is 22.7 Å². The summed E-state index contributed by atoms with van der Waals surface area (Å²) in [5, 5.41) is 4.03. The third kappa shape index (κ3) is 2.82. The molecule has 0 radical (unpaired) electrons. The molecule has 2 aromatic rings. The molecule has 2 rings (SSSR count). The van der Waals surface area contributed by atoms with Crippen LogP contribution in [0.1, 0.15) is 21.7 Å². The first-order chi connectivity index (χ1) is 9.40. The minimum atomic E-state index is -0.632. The second-order valence-electron chi connectivity index (χ2n) is 4.28. The van der Waals surface area contributed by atoms with E-state index in [9.17, 15) is 9.18 Å². The highest BCUT2D eigenvalue weighted by Crippen LogP contribution is 2.19. The number of carbonyl (C=O) groups is 1. The highest BCUT2D eigenvalue weighted by Gasteiger charge is 2.19. The van der Waals surface area contributed by atoms with E-state index in [1.165, 1.54) is 10.7 Å². The van der Waals surface area contributed by atoms with Crippen LogP contribution in [0, 0.1) is 12.7 Å². The van der Waals surface area contributed by atoms with Gasteiger partial charge in [-0.15, -0.1) is 0 Å². The van der Waals surface area contributed by atoms with E-state index in [1.54, 1.807) is 26.1 Å². The molecule has 0 amide bonds. The summed E-state index contributed by atoms with van der Waals surface area (Å²) in [7, 11) is 1.60. The average Bonchev–Trinajstić information content (AvgIpc) is 2.62. The van der Waals surface area contributed by atoms with Crippen molar-refractivity contribution in [3.63, 3.8) is 0 Å². The van der Waals surface area contributed by atoms with E-state index in [0.29, 0.717) is 15.7 Å². The number of hydrogen-bond acceptors (Lipinski definition) is 4. The summed E-state index contributed by atoms with van der Waals surface area (Å²) in [4.78, 5) is 12.0. The molecule has 1 heterocycles. The molecule has 0 saturated carbocycles. The molecule has 5 nitrogen and oxygen atoms in total. The van der Waals surface area contributed by atoms with E-state index in [1.807, 2.05) is 0 Å². The molecule has 0 fully saturated rings. The highest BCUT2D eigenvalue weighted by molar-refractivity contribution is 9.10. The second-order valence-corrected chi connectivity index (χ2v) is 5.20. The van der Waals surface area contributed by atoms with E-state index >= 15 is 0 Å². The number of benzene rings is 1. The Morgan fingerprint density at radius 2 is 2.25 bits per heavy atom. The zero-order valence-electron chi connectivity index (χ0n) is 11.0. The number of rotatable bonds is 3. The van der Waals surface area contributed by atoms with Gasteiger partial charge >= 0.3 is 5.97 Å². The summed E-state index contributed by atoms with van der Waals surface area (Å²) >= 11 is 3.16. The van der Waals surface area contributed by atoms with Crippen LogP contribution in [0.5, 0.6) is 0 Å². The van der Waals surface area contributed by atoms with Crippen molar-refractivity contribution in [2.75, 3.05) is 5.73 Å². The van der Waals surface area contributed by atoms with Gasteiger partial charge in [-0.3, -0.25) is 4.68 Å². The molecule has 0 aliphatic rings. The number of hydrogen-bond donors (Lipinski definition) is 1. The Labute approximate surface area is 123 Å². The van der Waals surface area contributed by atoms with Crippen molar-refractivity contribution in [1.29, 1.82) is 0 Å². The van der Waals surface area contributed by atoms with E-state index in [0.717, 1.165) is 0 Å². The van der Waals surface area contributed by atoms with Crippen LogP contribution in [0.4, 0.5) is 10.1 Å². The van der Waals surface area contributed by atoms with E-state index in [-0.39, 0.29) is 18.0 Å². The largest absolute Gasteiger partial charge is 0.456 e. The van der Waals surface area contributed by atoms with Gasteiger partial charge in [0.05, 0.1) is 11.4 Å². The molecule has 0 aliphatic heterocycles. The van der Waals surface area contributed by atoms with Gasteiger partial charge in [-0.2, -0.15) is 5.10 Å². The normalized spacial score (nSPS) is 10.6. The molecule has 1 aromatic heterocycles. The lowest BCUT2D eigenvalue weighted by Crippen LogP contribution is -2.13. The molecule has 0 aliphatic carbocycles. The van der Waals surface area contributed by atoms with Crippen LogP contribution in [0.3, 0.4) is 0 Å². The average molecular weight is 342 g/mol. The Morgan fingerprint density at radius 3 is 2.80 bits per heavy atom. The van der Waals surface area contributed by atoms with Crippen molar-refractivity contribution in [2.24, 2.45) is 7.05 Å². The number of halogens is 2. The number of esters is 1. The fourth-order valence-corrected chi connectivity index (χ4v) is 2.10. The summed E-state index contributed by atoms with van der Waals surface area (Å²) in [6.45, 7) is 1.53. The number of carbonyl (C=O) groups excluding carboxylic acids is 1. The van der Waals surface area contributed by atoms with Crippen molar-refractivity contribution in [1.82, 2.24) is 9.78 Å². The Morgan fingerprint density at radius 1 is 1.55 bits per heavy atom. The van der Waals surface area contributed by atoms with E-state index in [4.69, 9.17) is 10.5 Å². The Hall–Kier alpha value is -1.89. The van der Waals surface area contributed by atoms with Crippen LogP contribution in [0.2, 0.25) is 0 Å². The molecule has 106 valence electrons. The first kappa shape index (κ1) is 14.5. The summed E-state index contributed by atoms with van der Waals surface area (Å²) in [5.74, 6) is -1.07. The minimum Gasteiger partial charge on any atom is -0.456 e. The molecule has 0 unspecified atom stereocenters. The lowest BCUT2D eigenvalue weighted by Gasteiger charge is -2.07. The first-order valence-corrected chi connectivity index (χ1v) is 6.59. The maximum Gasteiger partial charge on any atom is 0.359 e. The monoisotopic (exact) mass is 341 g/mol. The molecule has 2 N–H and O–H groups in total. The predicted molar refractivity (Wildman–Crippen MR) is 75.6 cm³/mol. The van der Waals surface area contributed by atoms with Crippen molar-refractivity contribution in [3.8, 4) is 0 Å². The van der Waals surface area contributed by atoms with Gasteiger partial charge in [0.25, 0.3) is 0 Å². The number of nitrogen functional groups attached to an aromatic ring is 1. The molecule has 20 heavy (non-hydrogen) atoms. The van der Waals surface area contributed by atoms with Crippen LogP contribution >= 0.6 is 15.9 Å². The topological polar surface area (TPSA) is 70.1 Å². The lowest BCUT2D eigenvalue weighted by atomic mass is 10.2. The molecule has 0 spiro atoms. The SMILES string of the molecule is Cc1nn(C)c(C(=O)OCc2ccc(Br)cc2F)c1N. The molecular formula is C13H13BrFN3O2. The summed E-state index contributed by atoms with van der Waals surface area (Å²) in [6, 6.07) is 4.53. The maximum absolute atomic E-state index is 13.6. The molecule has 1 aromatic carbocycles. The van der Waals surface area contributed by atoms with Gasteiger partial charge in [0, 0.05) is 17.1 Å². The van der Waals surface area contributed by atoms with Gasteiger partial charge in [0.15, 0.2) is 5.69 Å². The summed E-state index contributed by atoms with van der Waals surface area (Å²) in [5.41, 5.74) is 7.04. The molecule has 7 heteroatoms. The number of anilines is 1. The molecule has 0 bridgehead atoms. The third-order valence-corrected chi connectivity index (χ3v) is 3.33. The van der Waals surface area contributed by atoms with Gasteiger partial charge < -0.3 is 10.5 Å². The van der Waals surface area contributed by atoms with Crippen LogP contribution in [0.25, 0.3) is 0 Å². The van der Waals surface area contributed by atoms with Crippen molar-refractivity contribution in [2.45, 2.75) is 13.5 Å². The number of nitrogens with zero attached hydrogens (tertiary/aromatic N) is 2. The lowest BCUT2D eigenvalue weighted by molar-refractivity contribution is 0.0457. The van der Waals surface area contributed by atoms with Gasteiger partial charge in [-0.25, -0.2) is 9.18 Å². The predicted octanol–water partition coefficient (Wildman–Crippen LogP) is 2.57. The zero-order valence-corrected chi connectivity index (χ0v) is 12.6. The molecule has 0 atom stereocenters. The smallest absolute Gasteiger partial charge is 0.359 e. The van der Waals surface area contributed by atoms with Gasteiger partial charge in [-0.1, -0.05) is 22.0 Å². The fourth-order valence-electron chi connectivity index (χ4n) is 1.77. The van der Waals surface area contributed by atoms with E-state index < -0.39 is 11.8 Å². The number of ether oxygens (including phenoxy) is 1. The van der Waals surface area contributed by atoms with Gasteiger partial charge in [-0.05, 0) is 19.1 Å². The van der Waals surface area contributed by atoms with Gasteiger partial charge in [0.1, 0.15) is 12.4 Å².